The summed E-state index contributed by atoms with van der Waals surface area (Å²) in [7, 11) is 0. The zero-order chi connectivity index (χ0) is 20.9. The van der Waals surface area contributed by atoms with Crippen LogP contribution in [0, 0.1) is 0 Å². The number of hydrogen-bond donors (Lipinski definition) is 1. The minimum atomic E-state index is -1.11. The Hall–Kier alpha value is -2.46. The van der Waals surface area contributed by atoms with Crippen molar-refractivity contribution >= 4 is 11.8 Å². The maximum atomic E-state index is 12.4. The van der Waals surface area contributed by atoms with Crippen LogP contribution in [0.4, 0.5) is 0 Å². The summed E-state index contributed by atoms with van der Waals surface area (Å²) >= 11 is 0. The highest BCUT2D eigenvalue weighted by molar-refractivity contribution is 6.09. The summed E-state index contributed by atoms with van der Waals surface area (Å²) < 4.78 is 5.24. The Kier molecular flexibility index (Phi) is 10.1. The third kappa shape index (κ3) is 8.20. The normalized spacial score (nSPS) is 11.8. The number of rotatable bonds is 13. The molecule has 1 atom stereocenters. The highest BCUT2D eigenvalue weighted by Crippen LogP contribution is 2.17. The lowest BCUT2D eigenvalue weighted by Crippen LogP contribution is -2.25. The predicted octanol–water partition coefficient (Wildman–Crippen LogP) is 5.71. The van der Waals surface area contributed by atoms with Gasteiger partial charge in [0.15, 0.2) is 11.9 Å². The molecule has 4 nitrogen and oxygen atoms in total. The van der Waals surface area contributed by atoms with Crippen LogP contribution in [0.1, 0.15) is 80.6 Å². The largest absolute Gasteiger partial charge is 0.425 e. The molecule has 0 saturated carbocycles. The van der Waals surface area contributed by atoms with Gasteiger partial charge in [-0.15, -0.1) is 0 Å². The second-order valence-electron chi connectivity index (χ2n) is 7.42. The lowest BCUT2D eigenvalue weighted by Gasteiger charge is -2.11. The SMILES string of the molecule is CCCCCCCCCCC(O)C(=O)Oc1ccc(C(=O)c2ccccc2)cc1. The van der Waals surface area contributed by atoms with Crippen LogP contribution in [0.2, 0.25) is 0 Å². The van der Waals surface area contributed by atoms with Gasteiger partial charge in [0, 0.05) is 11.1 Å². The van der Waals surface area contributed by atoms with Crippen LogP contribution < -0.4 is 4.74 Å². The number of aliphatic hydroxyl groups excluding tert-OH is 1. The molecular weight excluding hydrogens is 364 g/mol. The van der Waals surface area contributed by atoms with Gasteiger partial charge in [-0.2, -0.15) is 0 Å². The maximum absolute atomic E-state index is 12.4. The van der Waals surface area contributed by atoms with Crippen LogP contribution in [0.5, 0.6) is 5.75 Å². The number of esters is 1. The van der Waals surface area contributed by atoms with Crippen molar-refractivity contribution in [1.29, 1.82) is 0 Å². The monoisotopic (exact) mass is 396 g/mol. The third-order valence-electron chi connectivity index (χ3n) is 4.97. The Morgan fingerprint density at radius 3 is 1.97 bits per heavy atom. The van der Waals surface area contributed by atoms with E-state index in [-0.39, 0.29) is 5.78 Å². The highest BCUT2D eigenvalue weighted by atomic mass is 16.5. The number of carbonyl (C=O) groups is 2. The molecule has 0 spiro atoms. The number of ketones is 1. The molecule has 2 aromatic carbocycles. The molecule has 1 unspecified atom stereocenters. The third-order valence-corrected chi connectivity index (χ3v) is 4.97. The van der Waals surface area contributed by atoms with Gasteiger partial charge in [-0.1, -0.05) is 88.6 Å². The van der Waals surface area contributed by atoms with E-state index in [0.29, 0.717) is 23.3 Å². The molecule has 0 saturated heterocycles. The summed E-state index contributed by atoms with van der Waals surface area (Å²) in [4.78, 5) is 24.4. The van der Waals surface area contributed by atoms with Crippen LogP contribution in [0.3, 0.4) is 0 Å². The molecule has 0 aliphatic heterocycles. The van der Waals surface area contributed by atoms with Gasteiger partial charge in [-0.25, -0.2) is 4.79 Å². The van der Waals surface area contributed by atoms with Crippen molar-refractivity contribution in [2.24, 2.45) is 0 Å². The van der Waals surface area contributed by atoms with Crippen LogP contribution >= 0.6 is 0 Å². The molecule has 2 aromatic rings. The molecule has 156 valence electrons. The first kappa shape index (κ1) is 22.8. The second-order valence-corrected chi connectivity index (χ2v) is 7.42. The Bertz CT molecular complexity index is 737. The van der Waals surface area contributed by atoms with Gasteiger partial charge in [0.25, 0.3) is 0 Å². The molecule has 0 aliphatic carbocycles. The smallest absolute Gasteiger partial charge is 0.340 e. The fourth-order valence-corrected chi connectivity index (χ4v) is 3.20. The van der Waals surface area contributed by atoms with E-state index in [2.05, 4.69) is 6.92 Å². The number of hydrogen-bond acceptors (Lipinski definition) is 4. The molecule has 0 fully saturated rings. The minimum absolute atomic E-state index is 0.0850. The van der Waals surface area contributed by atoms with Gasteiger partial charge in [-0.3, -0.25) is 4.79 Å². The molecule has 0 amide bonds. The van der Waals surface area contributed by atoms with Gasteiger partial charge in [-0.05, 0) is 30.7 Å². The maximum Gasteiger partial charge on any atom is 0.340 e. The van der Waals surface area contributed by atoms with Gasteiger partial charge < -0.3 is 9.84 Å². The fraction of sp³-hybridized carbons (Fsp3) is 0.440. The first-order valence-corrected chi connectivity index (χ1v) is 10.7. The summed E-state index contributed by atoms with van der Waals surface area (Å²) in [5.41, 5.74) is 1.13. The van der Waals surface area contributed by atoms with Crippen molar-refractivity contribution in [2.45, 2.75) is 70.8 Å². The minimum Gasteiger partial charge on any atom is -0.425 e. The van der Waals surface area contributed by atoms with Crippen molar-refractivity contribution in [3.05, 3.63) is 65.7 Å². The van der Waals surface area contributed by atoms with Crippen molar-refractivity contribution in [2.75, 3.05) is 0 Å². The summed E-state index contributed by atoms with van der Waals surface area (Å²) in [6.45, 7) is 2.21. The zero-order valence-corrected chi connectivity index (χ0v) is 17.3. The van der Waals surface area contributed by atoms with E-state index in [0.717, 1.165) is 19.3 Å². The number of unbranched alkanes of at least 4 members (excludes halogenated alkanes) is 7. The van der Waals surface area contributed by atoms with E-state index in [1.807, 2.05) is 18.2 Å². The summed E-state index contributed by atoms with van der Waals surface area (Å²) in [5, 5.41) is 10.0. The molecule has 4 heteroatoms. The summed E-state index contributed by atoms with van der Waals surface area (Å²) in [6, 6.07) is 15.4. The average molecular weight is 397 g/mol. The molecule has 0 bridgehead atoms. The van der Waals surface area contributed by atoms with Gasteiger partial charge in [0.1, 0.15) is 5.75 Å². The quantitative estimate of drug-likeness (QED) is 0.204. The van der Waals surface area contributed by atoms with Crippen molar-refractivity contribution in [3.63, 3.8) is 0 Å². The van der Waals surface area contributed by atoms with Gasteiger partial charge >= 0.3 is 5.97 Å². The first-order valence-electron chi connectivity index (χ1n) is 10.7. The topological polar surface area (TPSA) is 63.6 Å². The predicted molar refractivity (Wildman–Crippen MR) is 115 cm³/mol. The molecule has 2 rings (SSSR count). The number of carbonyl (C=O) groups excluding carboxylic acids is 2. The van der Waals surface area contributed by atoms with Crippen molar-refractivity contribution in [1.82, 2.24) is 0 Å². The van der Waals surface area contributed by atoms with E-state index in [1.54, 1.807) is 36.4 Å². The second kappa shape index (κ2) is 12.9. The van der Waals surface area contributed by atoms with E-state index in [9.17, 15) is 14.7 Å². The van der Waals surface area contributed by atoms with E-state index < -0.39 is 12.1 Å². The number of ether oxygens (including phenoxy) is 1. The fourth-order valence-electron chi connectivity index (χ4n) is 3.20. The van der Waals surface area contributed by atoms with Gasteiger partial charge in [0.2, 0.25) is 0 Å². The number of aliphatic hydroxyl groups is 1. The standard InChI is InChI=1S/C25H32O4/c1-2-3-4-5-6-7-8-12-15-23(26)25(28)29-22-18-16-21(17-19-22)24(27)20-13-10-9-11-14-20/h9-11,13-14,16-19,23,26H,2-8,12,15H2,1H3. The molecule has 0 heterocycles. The van der Waals surface area contributed by atoms with E-state index >= 15 is 0 Å². The molecular formula is C25H32O4. The van der Waals surface area contributed by atoms with Crippen LogP contribution in [0.25, 0.3) is 0 Å². The molecule has 0 aromatic heterocycles. The summed E-state index contributed by atoms with van der Waals surface area (Å²) in [5.74, 6) is -0.400. The van der Waals surface area contributed by atoms with Crippen LogP contribution in [-0.4, -0.2) is 23.0 Å². The van der Waals surface area contributed by atoms with Crippen molar-refractivity contribution in [3.8, 4) is 5.75 Å². The summed E-state index contributed by atoms with van der Waals surface area (Å²) in [6.07, 6.45) is 8.60. The van der Waals surface area contributed by atoms with Crippen LogP contribution in [0.15, 0.2) is 54.6 Å². The Labute approximate surface area is 173 Å². The molecule has 1 N–H and O–H groups in total. The van der Waals surface area contributed by atoms with Crippen molar-refractivity contribution < 1.29 is 19.4 Å². The van der Waals surface area contributed by atoms with Crippen LogP contribution in [-0.2, 0) is 4.79 Å². The van der Waals surface area contributed by atoms with E-state index in [1.165, 1.54) is 32.1 Å². The molecule has 29 heavy (non-hydrogen) atoms. The molecule has 0 radical (unpaired) electrons. The van der Waals surface area contributed by atoms with Gasteiger partial charge in [0.05, 0.1) is 0 Å². The lowest BCUT2D eigenvalue weighted by atomic mass is 10.0. The first-order chi connectivity index (χ1) is 14.1. The Morgan fingerprint density at radius 2 is 1.34 bits per heavy atom. The Balaban J connectivity index is 1.71. The Morgan fingerprint density at radius 1 is 0.793 bits per heavy atom. The lowest BCUT2D eigenvalue weighted by molar-refractivity contribution is -0.144. The molecule has 0 aliphatic rings. The zero-order valence-electron chi connectivity index (χ0n) is 17.3. The average Bonchev–Trinajstić information content (AvgIpc) is 2.76. The number of benzene rings is 2. The van der Waals surface area contributed by atoms with E-state index in [4.69, 9.17) is 4.74 Å². The highest BCUT2D eigenvalue weighted by Gasteiger charge is 2.17.